The predicted octanol–water partition coefficient (Wildman–Crippen LogP) is 1.84. The van der Waals surface area contributed by atoms with Crippen molar-refractivity contribution in [3.05, 3.63) is 0 Å². The number of carbonyl (C=O) groups is 1. The number of amides is 1. The fourth-order valence-corrected chi connectivity index (χ4v) is 1.34. The molecule has 1 aliphatic heterocycles. The van der Waals surface area contributed by atoms with Crippen molar-refractivity contribution < 1.29 is 4.79 Å². The lowest BCUT2D eigenvalue weighted by atomic mass is 10.2. The molecule has 0 atom stereocenters. The van der Waals surface area contributed by atoms with E-state index in [0.717, 1.165) is 25.9 Å². The number of likely N-dealkylation sites (tertiary alicyclic amines) is 1. The first kappa shape index (κ1) is 11.0. The Hall–Kier alpha value is -0.0500. The molecule has 0 aliphatic carbocycles. The highest BCUT2D eigenvalue weighted by molar-refractivity contribution is 8.93. The summed E-state index contributed by atoms with van der Waals surface area (Å²) in [6.07, 6.45) is 1.83. The van der Waals surface area contributed by atoms with Gasteiger partial charge >= 0.3 is 0 Å². The van der Waals surface area contributed by atoms with Crippen LogP contribution in [0.25, 0.3) is 0 Å². The molecular formula is C8H16BrNO. The van der Waals surface area contributed by atoms with Gasteiger partial charge in [-0.1, -0.05) is 13.8 Å². The van der Waals surface area contributed by atoms with E-state index < -0.39 is 0 Å². The summed E-state index contributed by atoms with van der Waals surface area (Å²) in [5.41, 5.74) is 0. The minimum Gasteiger partial charge on any atom is -0.342 e. The van der Waals surface area contributed by atoms with Crippen molar-refractivity contribution in [2.45, 2.75) is 26.7 Å². The predicted molar refractivity (Wildman–Crippen MR) is 51.0 cm³/mol. The first-order chi connectivity index (χ1) is 4.70. The Labute approximate surface area is 78.7 Å². The third kappa shape index (κ3) is 3.23. The molecule has 0 aromatic carbocycles. The van der Waals surface area contributed by atoms with Crippen molar-refractivity contribution >= 4 is 22.9 Å². The van der Waals surface area contributed by atoms with Crippen LogP contribution in [0.1, 0.15) is 26.7 Å². The van der Waals surface area contributed by atoms with Crippen LogP contribution in [0, 0.1) is 5.92 Å². The number of hydrogen-bond donors (Lipinski definition) is 0. The number of rotatable bonds is 2. The molecule has 1 amide bonds. The van der Waals surface area contributed by atoms with E-state index >= 15 is 0 Å². The van der Waals surface area contributed by atoms with Crippen molar-refractivity contribution in [1.29, 1.82) is 0 Å². The van der Waals surface area contributed by atoms with Gasteiger partial charge in [-0.25, -0.2) is 0 Å². The monoisotopic (exact) mass is 221 g/mol. The van der Waals surface area contributed by atoms with Gasteiger partial charge < -0.3 is 4.90 Å². The van der Waals surface area contributed by atoms with E-state index in [1.54, 1.807) is 0 Å². The summed E-state index contributed by atoms with van der Waals surface area (Å²) in [6.45, 7) is 6.22. The zero-order chi connectivity index (χ0) is 7.56. The second kappa shape index (κ2) is 4.75. The Morgan fingerprint density at radius 1 is 1.55 bits per heavy atom. The van der Waals surface area contributed by atoms with Crippen molar-refractivity contribution in [3.8, 4) is 0 Å². The van der Waals surface area contributed by atoms with Crippen LogP contribution in [0.15, 0.2) is 0 Å². The van der Waals surface area contributed by atoms with Gasteiger partial charge in [-0.05, 0) is 12.3 Å². The minimum absolute atomic E-state index is 0. The third-order valence-electron chi connectivity index (χ3n) is 1.76. The molecule has 1 aliphatic rings. The Morgan fingerprint density at radius 2 is 2.18 bits per heavy atom. The first-order valence-corrected chi connectivity index (χ1v) is 3.98. The van der Waals surface area contributed by atoms with E-state index in [-0.39, 0.29) is 17.0 Å². The standard InChI is InChI=1S/C8H15NO.BrH/c1-7(2)6-9-5-3-4-8(9)10;/h7H,3-6H2,1-2H3;1H. The lowest BCUT2D eigenvalue weighted by Gasteiger charge is -2.17. The number of hydrogen-bond acceptors (Lipinski definition) is 1. The van der Waals surface area contributed by atoms with Crippen LogP contribution in [-0.2, 0) is 4.79 Å². The van der Waals surface area contributed by atoms with Crippen LogP contribution < -0.4 is 0 Å². The van der Waals surface area contributed by atoms with Gasteiger partial charge in [0.25, 0.3) is 0 Å². The largest absolute Gasteiger partial charge is 0.342 e. The zero-order valence-electron chi connectivity index (χ0n) is 7.17. The lowest BCUT2D eigenvalue weighted by molar-refractivity contribution is -0.128. The van der Waals surface area contributed by atoms with E-state index in [2.05, 4.69) is 13.8 Å². The molecule has 11 heavy (non-hydrogen) atoms. The summed E-state index contributed by atoms with van der Waals surface area (Å²) in [4.78, 5) is 13.0. The Kier molecular flexibility index (Phi) is 4.73. The van der Waals surface area contributed by atoms with Crippen LogP contribution in [0.4, 0.5) is 0 Å². The van der Waals surface area contributed by atoms with Crippen LogP contribution in [0.3, 0.4) is 0 Å². The van der Waals surface area contributed by atoms with E-state index in [1.807, 2.05) is 4.90 Å². The molecule has 1 fully saturated rings. The molecule has 0 spiro atoms. The maximum Gasteiger partial charge on any atom is 0.222 e. The highest BCUT2D eigenvalue weighted by Crippen LogP contribution is 2.11. The average molecular weight is 222 g/mol. The average Bonchev–Trinajstić information content (AvgIpc) is 2.15. The van der Waals surface area contributed by atoms with Gasteiger partial charge in [0.05, 0.1) is 0 Å². The molecule has 3 heteroatoms. The molecule has 0 saturated carbocycles. The van der Waals surface area contributed by atoms with Gasteiger partial charge in [0.15, 0.2) is 0 Å². The van der Waals surface area contributed by atoms with Gasteiger partial charge in [0.2, 0.25) is 5.91 Å². The Balaban J connectivity index is 0.000001000. The van der Waals surface area contributed by atoms with Crippen LogP contribution >= 0.6 is 17.0 Å². The first-order valence-electron chi connectivity index (χ1n) is 3.98. The van der Waals surface area contributed by atoms with Crippen LogP contribution in [0.2, 0.25) is 0 Å². The number of halogens is 1. The van der Waals surface area contributed by atoms with Crippen LogP contribution in [0.5, 0.6) is 0 Å². The molecule has 1 rings (SSSR count). The highest BCUT2D eigenvalue weighted by atomic mass is 79.9. The van der Waals surface area contributed by atoms with E-state index in [4.69, 9.17) is 0 Å². The van der Waals surface area contributed by atoms with Gasteiger partial charge in [0.1, 0.15) is 0 Å². The zero-order valence-corrected chi connectivity index (χ0v) is 8.88. The summed E-state index contributed by atoms with van der Waals surface area (Å²) >= 11 is 0. The smallest absolute Gasteiger partial charge is 0.222 e. The summed E-state index contributed by atoms with van der Waals surface area (Å²) in [7, 11) is 0. The molecule has 0 unspecified atom stereocenters. The van der Waals surface area contributed by atoms with E-state index in [9.17, 15) is 4.79 Å². The molecule has 0 bridgehead atoms. The Morgan fingerprint density at radius 3 is 2.55 bits per heavy atom. The van der Waals surface area contributed by atoms with Crippen molar-refractivity contribution in [2.75, 3.05) is 13.1 Å². The highest BCUT2D eigenvalue weighted by Gasteiger charge is 2.19. The Bertz CT molecular complexity index is 136. The molecule has 0 aromatic heterocycles. The van der Waals surface area contributed by atoms with E-state index in [0.29, 0.717) is 11.8 Å². The number of carbonyl (C=O) groups excluding carboxylic acids is 1. The molecule has 66 valence electrons. The molecule has 0 aromatic rings. The maximum absolute atomic E-state index is 11.0. The number of nitrogens with zero attached hydrogens (tertiary/aromatic N) is 1. The third-order valence-corrected chi connectivity index (χ3v) is 1.76. The van der Waals surface area contributed by atoms with Crippen molar-refractivity contribution in [1.82, 2.24) is 4.90 Å². The topological polar surface area (TPSA) is 20.3 Å². The van der Waals surface area contributed by atoms with Crippen LogP contribution in [-0.4, -0.2) is 23.9 Å². The molecular weight excluding hydrogens is 206 g/mol. The molecule has 0 N–H and O–H groups in total. The van der Waals surface area contributed by atoms with Gasteiger partial charge in [0, 0.05) is 19.5 Å². The molecule has 0 radical (unpaired) electrons. The lowest BCUT2D eigenvalue weighted by Crippen LogP contribution is -2.28. The second-order valence-corrected chi connectivity index (χ2v) is 3.34. The van der Waals surface area contributed by atoms with Gasteiger partial charge in [-0.15, -0.1) is 17.0 Å². The van der Waals surface area contributed by atoms with Crippen molar-refractivity contribution in [2.24, 2.45) is 5.92 Å². The SMILES string of the molecule is Br.CC(C)CN1CCCC1=O. The summed E-state index contributed by atoms with van der Waals surface area (Å²) < 4.78 is 0. The van der Waals surface area contributed by atoms with Crippen molar-refractivity contribution in [3.63, 3.8) is 0 Å². The fourth-order valence-electron chi connectivity index (χ4n) is 1.34. The van der Waals surface area contributed by atoms with Gasteiger partial charge in [-0.2, -0.15) is 0 Å². The van der Waals surface area contributed by atoms with Gasteiger partial charge in [-0.3, -0.25) is 4.79 Å². The minimum atomic E-state index is 0. The quantitative estimate of drug-likeness (QED) is 0.698. The molecule has 1 saturated heterocycles. The second-order valence-electron chi connectivity index (χ2n) is 3.34. The summed E-state index contributed by atoms with van der Waals surface area (Å²) in [6, 6.07) is 0. The van der Waals surface area contributed by atoms with E-state index in [1.165, 1.54) is 0 Å². The normalized spacial score (nSPS) is 17.4. The maximum atomic E-state index is 11.0. The molecule has 2 nitrogen and oxygen atoms in total. The fraction of sp³-hybridized carbons (Fsp3) is 0.875. The summed E-state index contributed by atoms with van der Waals surface area (Å²) in [5.74, 6) is 0.954. The molecule has 1 heterocycles. The summed E-state index contributed by atoms with van der Waals surface area (Å²) in [5, 5.41) is 0.